The highest BCUT2D eigenvalue weighted by atomic mass is 32.2. The maximum atomic E-state index is 12.0. The number of amides is 1. The zero-order valence-corrected chi connectivity index (χ0v) is 12.0. The van der Waals surface area contributed by atoms with E-state index in [2.05, 4.69) is 9.71 Å². The second kappa shape index (κ2) is 5.69. The molecule has 1 amide bonds. The number of nitrogens with two attached hydrogens (primary N) is 1. The molecule has 0 spiro atoms. The third-order valence-corrected chi connectivity index (χ3v) is 4.72. The number of fused-ring (bicyclic) bond motifs is 1. The number of sulfonamides is 1. The SMILES string of the molecule is COc1ccc2c(c1)S(=O)(=O)N=C(SCC(=O)NN)N2. The number of methoxy groups -OCH3 is 1. The van der Waals surface area contributed by atoms with Crippen LogP contribution in [0.25, 0.3) is 0 Å². The number of benzene rings is 1. The van der Waals surface area contributed by atoms with Crippen molar-refractivity contribution >= 4 is 38.5 Å². The first-order chi connectivity index (χ1) is 9.46. The van der Waals surface area contributed by atoms with Gasteiger partial charge < -0.3 is 10.1 Å². The quantitative estimate of drug-likeness (QED) is 0.404. The van der Waals surface area contributed by atoms with Crippen molar-refractivity contribution < 1.29 is 17.9 Å². The van der Waals surface area contributed by atoms with Gasteiger partial charge in [0.2, 0.25) is 5.91 Å². The molecule has 0 radical (unpaired) electrons. The Morgan fingerprint density at radius 1 is 1.55 bits per heavy atom. The van der Waals surface area contributed by atoms with E-state index < -0.39 is 15.9 Å². The third-order valence-electron chi connectivity index (χ3n) is 2.41. The Morgan fingerprint density at radius 3 is 2.95 bits per heavy atom. The molecule has 1 heterocycles. The van der Waals surface area contributed by atoms with Crippen molar-refractivity contribution in [1.82, 2.24) is 5.43 Å². The second-order valence-electron chi connectivity index (χ2n) is 3.71. The molecular formula is C10H12N4O4S2. The summed E-state index contributed by atoms with van der Waals surface area (Å²) >= 11 is 0.942. The van der Waals surface area contributed by atoms with E-state index in [1.165, 1.54) is 13.2 Å². The Kier molecular flexibility index (Phi) is 4.16. The summed E-state index contributed by atoms with van der Waals surface area (Å²) < 4.78 is 32.7. The summed E-state index contributed by atoms with van der Waals surface area (Å²) in [4.78, 5) is 11.1. The molecule has 0 aliphatic carbocycles. The van der Waals surface area contributed by atoms with Crippen molar-refractivity contribution in [3.8, 4) is 5.75 Å². The Bertz CT molecular complexity index is 672. The smallest absolute Gasteiger partial charge is 0.286 e. The molecule has 108 valence electrons. The number of hydrogen-bond acceptors (Lipinski definition) is 7. The number of ether oxygens (including phenoxy) is 1. The molecule has 8 nitrogen and oxygen atoms in total. The average Bonchev–Trinajstić information content (AvgIpc) is 2.43. The van der Waals surface area contributed by atoms with Crippen LogP contribution in [0.4, 0.5) is 5.69 Å². The predicted molar refractivity (Wildman–Crippen MR) is 76.0 cm³/mol. The van der Waals surface area contributed by atoms with E-state index in [9.17, 15) is 13.2 Å². The predicted octanol–water partition coefficient (Wildman–Crippen LogP) is -0.112. The van der Waals surface area contributed by atoms with Crippen LogP contribution in [0.15, 0.2) is 27.5 Å². The van der Waals surface area contributed by atoms with Gasteiger partial charge in [0.1, 0.15) is 10.6 Å². The molecule has 0 atom stereocenters. The van der Waals surface area contributed by atoms with Crippen LogP contribution < -0.4 is 21.3 Å². The van der Waals surface area contributed by atoms with E-state index in [1.807, 2.05) is 5.43 Å². The van der Waals surface area contributed by atoms with Gasteiger partial charge in [-0.1, -0.05) is 11.8 Å². The number of rotatable bonds is 3. The number of anilines is 1. The topological polar surface area (TPSA) is 123 Å². The van der Waals surface area contributed by atoms with E-state index in [4.69, 9.17) is 10.6 Å². The molecule has 20 heavy (non-hydrogen) atoms. The van der Waals surface area contributed by atoms with Gasteiger partial charge in [0.05, 0.1) is 18.6 Å². The van der Waals surface area contributed by atoms with Crippen LogP contribution >= 0.6 is 11.8 Å². The fourth-order valence-corrected chi connectivity index (χ4v) is 3.54. The Labute approximate surface area is 119 Å². The Balaban J connectivity index is 2.27. The van der Waals surface area contributed by atoms with Crippen molar-refractivity contribution in [2.45, 2.75) is 4.90 Å². The monoisotopic (exact) mass is 316 g/mol. The normalized spacial score (nSPS) is 15.6. The van der Waals surface area contributed by atoms with Crippen LogP contribution in [0, 0.1) is 0 Å². The van der Waals surface area contributed by atoms with Gasteiger partial charge >= 0.3 is 0 Å². The van der Waals surface area contributed by atoms with E-state index >= 15 is 0 Å². The lowest BCUT2D eigenvalue weighted by Crippen LogP contribution is -2.32. The summed E-state index contributed by atoms with van der Waals surface area (Å²) in [7, 11) is -2.37. The maximum Gasteiger partial charge on any atom is 0.286 e. The molecule has 0 unspecified atom stereocenters. The van der Waals surface area contributed by atoms with Crippen molar-refractivity contribution in [1.29, 1.82) is 0 Å². The van der Waals surface area contributed by atoms with Crippen LogP contribution in [-0.2, 0) is 14.8 Å². The summed E-state index contributed by atoms with van der Waals surface area (Å²) in [6.45, 7) is 0. The first-order valence-corrected chi connectivity index (χ1v) is 7.81. The van der Waals surface area contributed by atoms with E-state index in [1.54, 1.807) is 12.1 Å². The summed E-state index contributed by atoms with van der Waals surface area (Å²) in [6, 6.07) is 4.58. The van der Waals surface area contributed by atoms with Crippen LogP contribution in [0.5, 0.6) is 5.75 Å². The summed E-state index contributed by atoms with van der Waals surface area (Å²) in [5.74, 6) is 4.89. The van der Waals surface area contributed by atoms with Gasteiger partial charge in [-0.3, -0.25) is 10.2 Å². The molecule has 1 aromatic carbocycles. The van der Waals surface area contributed by atoms with Crippen LogP contribution in [0.1, 0.15) is 0 Å². The van der Waals surface area contributed by atoms with Gasteiger partial charge in [0, 0.05) is 6.07 Å². The molecule has 0 bridgehead atoms. The largest absolute Gasteiger partial charge is 0.497 e. The molecule has 10 heteroatoms. The van der Waals surface area contributed by atoms with Gasteiger partial charge in [-0.2, -0.15) is 8.42 Å². The highest BCUT2D eigenvalue weighted by Crippen LogP contribution is 2.32. The number of thioether (sulfide) groups is 1. The fourth-order valence-electron chi connectivity index (χ4n) is 1.48. The van der Waals surface area contributed by atoms with Gasteiger partial charge in [0.15, 0.2) is 5.17 Å². The molecule has 1 aromatic rings. The minimum atomic E-state index is -3.82. The molecule has 1 aliphatic heterocycles. The van der Waals surface area contributed by atoms with Gasteiger partial charge in [-0.15, -0.1) is 4.40 Å². The number of hydrazine groups is 1. The number of carbonyl (C=O) groups is 1. The molecule has 4 N–H and O–H groups in total. The van der Waals surface area contributed by atoms with Gasteiger partial charge in [-0.25, -0.2) is 5.84 Å². The number of nitrogens with zero attached hydrogens (tertiary/aromatic N) is 1. The van der Waals surface area contributed by atoms with Crippen molar-refractivity contribution in [3.63, 3.8) is 0 Å². The van der Waals surface area contributed by atoms with Crippen molar-refractivity contribution in [2.75, 3.05) is 18.2 Å². The van der Waals surface area contributed by atoms with Crippen molar-refractivity contribution in [3.05, 3.63) is 18.2 Å². The first-order valence-electron chi connectivity index (χ1n) is 5.38. The summed E-state index contributed by atoms with van der Waals surface area (Å²) in [5.41, 5.74) is 2.34. The Morgan fingerprint density at radius 2 is 2.30 bits per heavy atom. The number of carbonyl (C=O) groups excluding carboxylic acids is 1. The maximum absolute atomic E-state index is 12.0. The summed E-state index contributed by atoms with van der Waals surface area (Å²) in [5, 5.41) is 2.96. The lowest BCUT2D eigenvalue weighted by atomic mass is 10.3. The van der Waals surface area contributed by atoms with E-state index in [0.29, 0.717) is 11.4 Å². The highest BCUT2D eigenvalue weighted by molar-refractivity contribution is 8.15. The lowest BCUT2D eigenvalue weighted by molar-refractivity contribution is -0.118. The number of amidine groups is 1. The first kappa shape index (κ1) is 14.6. The van der Waals surface area contributed by atoms with Crippen LogP contribution in [-0.4, -0.2) is 32.4 Å². The van der Waals surface area contributed by atoms with Gasteiger partial charge in [0.25, 0.3) is 10.0 Å². The average molecular weight is 316 g/mol. The highest BCUT2D eigenvalue weighted by Gasteiger charge is 2.26. The number of nitrogens with one attached hydrogen (secondary N) is 2. The molecule has 0 saturated heterocycles. The summed E-state index contributed by atoms with van der Waals surface area (Å²) in [6.07, 6.45) is 0. The van der Waals surface area contributed by atoms with Crippen molar-refractivity contribution in [2.24, 2.45) is 10.2 Å². The molecule has 0 saturated carbocycles. The standard InChI is InChI=1S/C10H12N4O4S2/c1-18-6-2-3-7-8(4-6)20(16,17)14-10(12-7)19-5-9(15)13-11/h2-4H,5,11H2,1H3,(H,12,14)(H,13,15). The number of hydrogen-bond donors (Lipinski definition) is 3. The fraction of sp³-hybridized carbons (Fsp3) is 0.200. The molecular weight excluding hydrogens is 304 g/mol. The van der Waals surface area contributed by atoms with Gasteiger partial charge in [-0.05, 0) is 12.1 Å². The molecule has 0 fully saturated rings. The molecule has 0 aromatic heterocycles. The van der Waals surface area contributed by atoms with E-state index in [-0.39, 0.29) is 15.8 Å². The van der Waals surface area contributed by atoms with Crippen LogP contribution in [0.2, 0.25) is 0 Å². The molecule has 2 rings (SSSR count). The molecule has 1 aliphatic rings. The minimum Gasteiger partial charge on any atom is -0.497 e. The van der Waals surface area contributed by atoms with Crippen LogP contribution in [0.3, 0.4) is 0 Å². The zero-order chi connectivity index (χ0) is 14.8. The van der Waals surface area contributed by atoms with E-state index in [0.717, 1.165) is 11.8 Å². The second-order valence-corrected chi connectivity index (χ2v) is 6.25. The minimum absolute atomic E-state index is 0.0319. The lowest BCUT2D eigenvalue weighted by Gasteiger charge is -2.18. The zero-order valence-electron chi connectivity index (χ0n) is 10.4. The third kappa shape index (κ3) is 3.03. The Hall–Kier alpha value is -1.78.